The van der Waals surface area contributed by atoms with Crippen LogP contribution >= 0.6 is 11.6 Å². The lowest BCUT2D eigenvalue weighted by Gasteiger charge is -2.14. The third kappa shape index (κ3) is 2.83. The molecule has 0 amide bonds. The molecule has 0 spiro atoms. The summed E-state index contributed by atoms with van der Waals surface area (Å²) in [4.78, 5) is 15.9. The maximum absolute atomic E-state index is 11.3. The summed E-state index contributed by atoms with van der Waals surface area (Å²) < 4.78 is 0. The summed E-state index contributed by atoms with van der Waals surface area (Å²) in [6, 6.07) is 9.08. The number of carboxylic acid groups (broad SMARTS) is 1. The van der Waals surface area contributed by atoms with Crippen LogP contribution in [0.25, 0.3) is 11.3 Å². The van der Waals surface area contributed by atoms with Crippen LogP contribution in [0.4, 0.5) is 0 Å². The van der Waals surface area contributed by atoms with Gasteiger partial charge in [-0.2, -0.15) is 0 Å². The van der Waals surface area contributed by atoms with Crippen LogP contribution in [0.15, 0.2) is 30.3 Å². The molecule has 3 nitrogen and oxygen atoms in total. The number of carbonyl (C=O) groups is 1. The molecule has 1 aromatic heterocycles. The molecular formula is C16H16ClNO2. The van der Waals surface area contributed by atoms with Crippen molar-refractivity contribution in [2.24, 2.45) is 0 Å². The second kappa shape index (κ2) is 5.63. The van der Waals surface area contributed by atoms with E-state index in [9.17, 15) is 9.90 Å². The number of benzene rings is 1. The van der Waals surface area contributed by atoms with Crippen LogP contribution in [0.1, 0.15) is 41.4 Å². The summed E-state index contributed by atoms with van der Waals surface area (Å²) in [5, 5.41) is 9.94. The predicted molar refractivity (Wildman–Crippen MR) is 80.5 cm³/mol. The minimum absolute atomic E-state index is 0.0488. The van der Waals surface area contributed by atoms with Crippen molar-refractivity contribution in [3.63, 3.8) is 0 Å². The average molecular weight is 290 g/mol. The highest BCUT2D eigenvalue weighted by Gasteiger charge is 2.18. The molecule has 1 N–H and O–H groups in total. The van der Waals surface area contributed by atoms with E-state index in [1.54, 1.807) is 18.2 Å². The lowest BCUT2D eigenvalue weighted by Crippen LogP contribution is -2.08. The van der Waals surface area contributed by atoms with E-state index >= 15 is 0 Å². The van der Waals surface area contributed by atoms with Gasteiger partial charge in [-0.1, -0.05) is 37.6 Å². The first-order valence-corrected chi connectivity index (χ1v) is 6.78. The van der Waals surface area contributed by atoms with Gasteiger partial charge in [-0.3, -0.25) is 4.98 Å². The van der Waals surface area contributed by atoms with Crippen LogP contribution in [-0.4, -0.2) is 16.1 Å². The Bertz CT molecular complexity index is 648. The summed E-state index contributed by atoms with van der Waals surface area (Å²) >= 11 is 5.89. The van der Waals surface area contributed by atoms with Gasteiger partial charge in [0.1, 0.15) is 0 Å². The maximum Gasteiger partial charge on any atom is 0.337 e. The number of pyridine rings is 1. The summed E-state index contributed by atoms with van der Waals surface area (Å²) in [7, 11) is 0. The zero-order valence-corrected chi connectivity index (χ0v) is 12.4. The fourth-order valence-corrected chi connectivity index (χ4v) is 2.27. The van der Waals surface area contributed by atoms with Crippen molar-refractivity contribution >= 4 is 17.6 Å². The fourth-order valence-electron chi connectivity index (χ4n) is 2.14. The Morgan fingerprint density at radius 1 is 1.25 bits per heavy atom. The Hall–Kier alpha value is -1.87. The SMILES string of the molecule is Cc1cc(C(=O)O)c(C(C)C)nc1-c1ccc(Cl)cc1. The van der Waals surface area contributed by atoms with Crippen LogP contribution in [0, 0.1) is 6.92 Å². The molecule has 0 radical (unpaired) electrons. The average Bonchev–Trinajstić information content (AvgIpc) is 2.39. The van der Waals surface area contributed by atoms with Gasteiger partial charge in [-0.25, -0.2) is 4.79 Å². The molecule has 0 aliphatic heterocycles. The molecule has 2 aromatic rings. The van der Waals surface area contributed by atoms with E-state index in [0.29, 0.717) is 10.7 Å². The van der Waals surface area contributed by atoms with Crippen molar-refractivity contribution in [2.45, 2.75) is 26.7 Å². The number of nitrogens with zero attached hydrogens (tertiary/aromatic N) is 1. The van der Waals surface area contributed by atoms with Gasteiger partial charge in [-0.05, 0) is 36.6 Å². The van der Waals surface area contributed by atoms with E-state index in [2.05, 4.69) is 4.98 Å². The van der Waals surface area contributed by atoms with Crippen molar-refractivity contribution < 1.29 is 9.90 Å². The highest BCUT2D eigenvalue weighted by Crippen LogP contribution is 2.27. The van der Waals surface area contributed by atoms with Crippen molar-refractivity contribution in [3.8, 4) is 11.3 Å². The Labute approximate surface area is 123 Å². The molecule has 1 heterocycles. The molecule has 0 bridgehead atoms. The standard InChI is InChI=1S/C16H16ClNO2/c1-9(2)14-13(16(19)20)8-10(3)15(18-14)11-4-6-12(17)7-5-11/h4-9H,1-3H3,(H,19,20). The van der Waals surface area contributed by atoms with E-state index in [1.807, 2.05) is 32.9 Å². The third-order valence-electron chi connectivity index (χ3n) is 3.14. The van der Waals surface area contributed by atoms with Gasteiger partial charge >= 0.3 is 5.97 Å². The zero-order chi connectivity index (χ0) is 14.9. The van der Waals surface area contributed by atoms with E-state index in [0.717, 1.165) is 16.8 Å². The van der Waals surface area contributed by atoms with Crippen LogP contribution in [0.2, 0.25) is 5.02 Å². The summed E-state index contributed by atoms with van der Waals surface area (Å²) in [5.41, 5.74) is 3.46. The van der Waals surface area contributed by atoms with Gasteiger partial charge in [0.05, 0.1) is 17.0 Å². The minimum Gasteiger partial charge on any atom is -0.478 e. The lowest BCUT2D eigenvalue weighted by atomic mass is 9.98. The Morgan fingerprint density at radius 3 is 2.35 bits per heavy atom. The van der Waals surface area contributed by atoms with Gasteiger partial charge in [-0.15, -0.1) is 0 Å². The molecule has 20 heavy (non-hydrogen) atoms. The number of carboxylic acids is 1. The van der Waals surface area contributed by atoms with E-state index < -0.39 is 5.97 Å². The predicted octanol–water partition coefficient (Wildman–Crippen LogP) is 4.53. The first-order valence-electron chi connectivity index (χ1n) is 6.41. The first kappa shape index (κ1) is 14.5. The van der Waals surface area contributed by atoms with Gasteiger partial charge in [0.25, 0.3) is 0 Å². The largest absolute Gasteiger partial charge is 0.478 e. The number of hydrogen-bond acceptors (Lipinski definition) is 2. The zero-order valence-electron chi connectivity index (χ0n) is 11.6. The van der Waals surface area contributed by atoms with Crippen LogP contribution in [-0.2, 0) is 0 Å². The second-order valence-electron chi connectivity index (χ2n) is 5.05. The van der Waals surface area contributed by atoms with Crippen molar-refractivity contribution in [1.29, 1.82) is 0 Å². The van der Waals surface area contributed by atoms with Crippen LogP contribution in [0.3, 0.4) is 0 Å². The van der Waals surface area contributed by atoms with Gasteiger partial charge in [0.15, 0.2) is 0 Å². The fraction of sp³-hybridized carbons (Fsp3) is 0.250. The highest BCUT2D eigenvalue weighted by molar-refractivity contribution is 6.30. The molecule has 0 saturated carbocycles. The second-order valence-corrected chi connectivity index (χ2v) is 5.49. The monoisotopic (exact) mass is 289 g/mol. The quantitative estimate of drug-likeness (QED) is 0.903. The molecule has 104 valence electrons. The number of aromatic carboxylic acids is 1. The third-order valence-corrected chi connectivity index (χ3v) is 3.39. The van der Waals surface area contributed by atoms with E-state index in [-0.39, 0.29) is 11.5 Å². The number of hydrogen-bond donors (Lipinski definition) is 1. The molecule has 0 unspecified atom stereocenters. The summed E-state index contributed by atoms with van der Waals surface area (Å²) in [6.45, 7) is 5.75. The number of halogens is 1. The summed E-state index contributed by atoms with van der Waals surface area (Å²) in [6.07, 6.45) is 0. The Kier molecular flexibility index (Phi) is 4.09. The molecule has 4 heteroatoms. The molecule has 0 atom stereocenters. The topological polar surface area (TPSA) is 50.2 Å². The first-order chi connectivity index (χ1) is 9.40. The van der Waals surface area contributed by atoms with Crippen LogP contribution in [0.5, 0.6) is 0 Å². The summed E-state index contributed by atoms with van der Waals surface area (Å²) in [5.74, 6) is -0.889. The molecular weight excluding hydrogens is 274 g/mol. The highest BCUT2D eigenvalue weighted by atomic mass is 35.5. The van der Waals surface area contributed by atoms with Gasteiger partial charge in [0.2, 0.25) is 0 Å². The number of aromatic nitrogens is 1. The van der Waals surface area contributed by atoms with E-state index in [1.165, 1.54) is 0 Å². The molecule has 1 aromatic carbocycles. The Morgan fingerprint density at radius 2 is 1.85 bits per heavy atom. The molecule has 0 fully saturated rings. The molecule has 0 aliphatic carbocycles. The van der Waals surface area contributed by atoms with Gasteiger partial charge in [0, 0.05) is 10.6 Å². The molecule has 0 aliphatic rings. The normalized spacial score (nSPS) is 10.8. The van der Waals surface area contributed by atoms with Crippen molar-refractivity contribution in [2.75, 3.05) is 0 Å². The van der Waals surface area contributed by atoms with Crippen molar-refractivity contribution in [1.82, 2.24) is 4.98 Å². The minimum atomic E-state index is -0.938. The van der Waals surface area contributed by atoms with Gasteiger partial charge < -0.3 is 5.11 Å². The number of rotatable bonds is 3. The smallest absolute Gasteiger partial charge is 0.337 e. The Balaban J connectivity index is 2.63. The van der Waals surface area contributed by atoms with Crippen molar-refractivity contribution in [3.05, 3.63) is 52.2 Å². The number of aryl methyl sites for hydroxylation is 1. The van der Waals surface area contributed by atoms with Crippen LogP contribution < -0.4 is 0 Å². The lowest BCUT2D eigenvalue weighted by molar-refractivity contribution is 0.0694. The molecule has 0 saturated heterocycles. The maximum atomic E-state index is 11.3. The molecule has 2 rings (SSSR count). The van der Waals surface area contributed by atoms with E-state index in [4.69, 9.17) is 11.6 Å².